The molecule has 0 bridgehead atoms. The highest BCUT2D eigenvalue weighted by molar-refractivity contribution is 5.82. The molecule has 0 aliphatic rings. The van der Waals surface area contributed by atoms with Crippen LogP contribution in [0.3, 0.4) is 0 Å². The molecule has 0 radical (unpaired) electrons. The number of hydrogen-bond donors (Lipinski definition) is 2. The number of aromatic hydroxyl groups is 1. The molecule has 0 amide bonds. The third-order valence-electron chi connectivity index (χ3n) is 2.77. The third-order valence-corrected chi connectivity index (χ3v) is 2.77. The molecule has 0 aliphatic carbocycles. The molecule has 1 aromatic carbocycles. The number of hydrogen-bond acceptors (Lipinski definition) is 4. The number of fused-ring (bicyclic) bond motifs is 1. The van der Waals surface area contributed by atoms with Crippen LogP contribution in [0.5, 0.6) is 5.75 Å². The molecular formula is C14H14O4. The number of allylic oxidation sites excluding steroid dienone is 1. The van der Waals surface area contributed by atoms with E-state index in [4.69, 9.17) is 9.52 Å². The van der Waals surface area contributed by atoms with Crippen LogP contribution in [-0.4, -0.2) is 16.8 Å². The fraction of sp³-hybridized carbons (Fsp3) is 0.214. The molecule has 4 heteroatoms. The molecule has 94 valence electrons. The van der Waals surface area contributed by atoms with Crippen LogP contribution in [-0.2, 0) is 6.42 Å². The van der Waals surface area contributed by atoms with Crippen LogP contribution < -0.4 is 5.63 Å². The summed E-state index contributed by atoms with van der Waals surface area (Å²) in [4.78, 5) is 11.2. The van der Waals surface area contributed by atoms with Crippen molar-refractivity contribution in [2.24, 2.45) is 0 Å². The van der Waals surface area contributed by atoms with Crippen LogP contribution in [0.2, 0.25) is 0 Å². The van der Waals surface area contributed by atoms with E-state index in [0.29, 0.717) is 17.6 Å². The number of benzene rings is 1. The third kappa shape index (κ3) is 2.43. The number of aliphatic hydroxyl groups excluding tert-OH is 1. The smallest absolute Gasteiger partial charge is 0.336 e. The minimum atomic E-state index is -0.447. The maximum atomic E-state index is 11.2. The van der Waals surface area contributed by atoms with Gasteiger partial charge in [-0.25, -0.2) is 4.79 Å². The van der Waals surface area contributed by atoms with Crippen LogP contribution in [0.4, 0.5) is 0 Å². The minimum absolute atomic E-state index is 0.0323. The van der Waals surface area contributed by atoms with Crippen LogP contribution in [0.25, 0.3) is 11.0 Å². The van der Waals surface area contributed by atoms with E-state index in [0.717, 1.165) is 11.0 Å². The van der Waals surface area contributed by atoms with Crippen molar-refractivity contribution in [1.29, 1.82) is 0 Å². The first-order valence-electron chi connectivity index (χ1n) is 5.63. The Kier molecular flexibility index (Phi) is 3.48. The molecule has 0 aliphatic heterocycles. The standard InChI is InChI=1S/C14H14O4/c1-9(8-15)2-5-11-12(16)6-3-10-4-7-13(17)18-14(10)11/h2-4,6-7,15-16H,5,8H2,1H3/b9-2-. The van der Waals surface area contributed by atoms with Crippen LogP contribution in [0, 0.1) is 0 Å². The molecule has 0 unspecified atom stereocenters. The van der Waals surface area contributed by atoms with Crippen molar-refractivity contribution in [2.75, 3.05) is 6.61 Å². The first-order chi connectivity index (χ1) is 8.61. The molecule has 1 aromatic heterocycles. The Labute approximate surface area is 104 Å². The van der Waals surface area contributed by atoms with Crippen molar-refractivity contribution in [3.05, 3.63) is 51.9 Å². The summed E-state index contributed by atoms with van der Waals surface area (Å²) < 4.78 is 5.13. The van der Waals surface area contributed by atoms with Gasteiger partial charge in [-0.05, 0) is 31.5 Å². The molecule has 0 saturated heterocycles. The van der Waals surface area contributed by atoms with Crippen LogP contribution >= 0.6 is 0 Å². The van der Waals surface area contributed by atoms with Gasteiger partial charge in [0.2, 0.25) is 0 Å². The Bertz CT molecular complexity index is 652. The fourth-order valence-corrected chi connectivity index (χ4v) is 1.72. The highest BCUT2D eigenvalue weighted by atomic mass is 16.4. The summed E-state index contributed by atoms with van der Waals surface area (Å²) in [6.07, 6.45) is 2.20. The van der Waals surface area contributed by atoms with Crippen LogP contribution in [0.1, 0.15) is 12.5 Å². The molecule has 18 heavy (non-hydrogen) atoms. The summed E-state index contributed by atoms with van der Waals surface area (Å²) in [6, 6.07) is 6.27. The topological polar surface area (TPSA) is 70.7 Å². The Morgan fingerprint density at radius 3 is 2.78 bits per heavy atom. The molecule has 1 heterocycles. The molecule has 0 fully saturated rings. The lowest BCUT2D eigenvalue weighted by atomic mass is 10.1. The van der Waals surface area contributed by atoms with E-state index in [2.05, 4.69) is 0 Å². The summed E-state index contributed by atoms with van der Waals surface area (Å²) in [5.41, 5.74) is 1.30. The predicted octanol–water partition coefficient (Wildman–Crippen LogP) is 1.98. The molecule has 0 saturated carbocycles. The fourth-order valence-electron chi connectivity index (χ4n) is 1.72. The number of rotatable bonds is 3. The molecule has 4 nitrogen and oxygen atoms in total. The van der Waals surface area contributed by atoms with E-state index in [-0.39, 0.29) is 12.4 Å². The van der Waals surface area contributed by atoms with Crippen LogP contribution in [0.15, 0.2) is 45.1 Å². The molecule has 2 N–H and O–H groups in total. The molecule has 2 rings (SSSR count). The maximum Gasteiger partial charge on any atom is 0.336 e. The number of phenolic OH excluding ortho intramolecular Hbond substituents is 1. The second-order valence-corrected chi connectivity index (χ2v) is 4.15. The lowest BCUT2D eigenvalue weighted by molar-refractivity contribution is 0.331. The van der Waals surface area contributed by atoms with E-state index >= 15 is 0 Å². The lowest BCUT2D eigenvalue weighted by Crippen LogP contribution is -1.97. The van der Waals surface area contributed by atoms with Gasteiger partial charge in [-0.2, -0.15) is 0 Å². The molecule has 0 spiro atoms. The number of aliphatic hydroxyl groups is 1. The van der Waals surface area contributed by atoms with Gasteiger partial charge in [0.15, 0.2) is 0 Å². The molecular weight excluding hydrogens is 232 g/mol. The van der Waals surface area contributed by atoms with E-state index in [1.165, 1.54) is 6.07 Å². The van der Waals surface area contributed by atoms with Gasteiger partial charge in [-0.1, -0.05) is 11.6 Å². The lowest BCUT2D eigenvalue weighted by Gasteiger charge is -2.05. The first-order valence-corrected chi connectivity index (χ1v) is 5.63. The second-order valence-electron chi connectivity index (χ2n) is 4.15. The maximum absolute atomic E-state index is 11.2. The van der Waals surface area contributed by atoms with Gasteiger partial charge in [0, 0.05) is 17.0 Å². The van der Waals surface area contributed by atoms with Crippen molar-refractivity contribution in [3.8, 4) is 5.75 Å². The summed E-state index contributed by atoms with van der Waals surface area (Å²) in [6.45, 7) is 1.76. The highest BCUT2D eigenvalue weighted by Gasteiger charge is 2.08. The predicted molar refractivity (Wildman–Crippen MR) is 68.7 cm³/mol. The summed E-state index contributed by atoms with van der Waals surface area (Å²) >= 11 is 0. The molecule has 2 aromatic rings. The van der Waals surface area contributed by atoms with Crippen molar-refractivity contribution < 1.29 is 14.6 Å². The normalized spacial score (nSPS) is 12.0. The van der Waals surface area contributed by atoms with Crippen molar-refractivity contribution >= 4 is 11.0 Å². The summed E-state index contributed by atoms with van der Waals surface area (Å²) in [5, 5.41) is 19.5. The highest BCUT2D eigenvalue weighted by Crippen LogP contribution is 2.27. The van der Waals surface area contributed by atoms with Gasteiger partial charge < -0.3 is 14.6 Å². The zero-order valence-corrected chi connectivity index (χ0v) is 10.0. The van der Waals surface area contributed by atoms with Crippen molar-refractivity contribution in [3.63, 3.8) is 0 Å². The number of phenols is 1. The van der Waals surface area contributed by atoms with Gasteiger partial charge in [-0.3, -0.25) is 0 Å². The van der Waals surface area contributed by atoms with E-state index < -0.39 is 5.63 Å². The Morgan fingerprint density at radius 1 is 1.33 bits per heavy atom. The average Bonchev–Trinajstić information content (AvgIpc) is 2.37. The zero-order valence-electron chi connectivity index (χ0n) is 10.0. The van der Waals surface area contributed by atoms with Gasteiger partial charge in [0.1, 0.15) is 11.3 Å². The Balaban J connectivity index is 2.57. The monoisotopic (exact) mass is 246 g/mol. The zero-order chi connectivity index (χ0) is 13.1. The summed E-state index contributed by atoms with van der Waals surface area (Å²) in [7, 11) is 0. The Hall–Kier alpha value is -2.07. The van der Waals surface area contributed by atoms with Gasteiger partial charge >= 0.3 is 5.63 Å². The van der Waals surface area contributed by atoms with E-state index in [1.807, 2.05) is 0 Å². The van der Waals surface area contributed by atoms with E-state index in [1.54, 1.807) is 31.2 Å². The summed E-state index contributed by atoms with van der Waals surface area (Å²) in [5.74, 6) is 0.0823. The quantitative estimate of drug-likeness (QED) is 0.641. The Morgan fingerprint density at radius 2 is 2.06 bits per heavy atom. The first kappa shape index (κ1) is 12.4. The average molecular weight is 246 g/mol. The van der Waals surface area contributed by atoms with E-state index in [9.17, 15) is 9.90 Å². The van der Waals surface area contributed by atoms with Crippen molar-refractivity contribution in [1.82, 2.24) is 0 Å². The SMILES string of the molecule is C/C(=C/Cc1c(O)ccc2ccc(=O)oc12)CO. The van der Waals surface area contributed by atoms with Gasteiger partial charge in [0.05, 0.1) is 6.61 Å². The largest absolute Gasteiger partial charge is 0.508 e. The van der Waals surface area contributed by atoms with Gasteiger partial charge in [0.25, 0.3) is 0 Å². The van der Waals surface area contributed by atoms with Crippen molar-refractivity contribution in [2.45, 2.75) is 13.3 Å². The van der Waals surface area contributed by atoms with Gasteiger partial charge in [-0.15, -0.1) is 0 Å². The minimum Gasteiger partial charge on any atom is -0.508 e. The molecule has 0 atom stereocenters. The second kappa shape index (κ2) is 5.06.